The van der Waals surface area contributed by atoms with Crippen molar-refractivity contribution in [3.8, 4) is 0 Å². The van der Waals surface area contributed by atoms with Crippen LogP contribution in [0.2, 0.25) is 0 Å². The fourth-order valence-corrected chi connectivity index (χ4v) is 3.93. The summed E-state index contributed by atoms with van der Waals surface area (Å²) >= 11 is 1.41. The van der Waals surface area contributed by atoms with Gasteiger partial charge in [0.25, 0.3) is 0 Å². The van der Waals surface area contributed by atoms with Crippen molar-refractivity contribution in [1.82, 2.24) is 9.71 Å². The summed E-state index contributed by atoms with van der Waals surface area (Å²) in [6.07, 6.45) is 1.67. The number of nitrogens with zero attached hydrogens (tertiary/aromatic N) is 1. The van der Waals surface area contributed by atoms with E-state index in [1.54, 1.807) is 6.20 Å². The number of thiazole rings is 1. The van der Waals surface area contributed by atoms with E-state index in [-0.39, 0.29) is 23.5 Å². The zero-order chi connectivity index (χ0) is 15.6. The quantitative estimate of drug-likeness (QED) is 0.876. The van der Waals surface area contributed by atoms with E-state index in [0.717, 1.165) is 4.88 Å². The van der Waals surface area contributed by atoms with E-state index in [4.69, 9.17) is 5.73 Å². The molecule has 0 aliphatic heterocycles. The first kappa shape index (κ1) is 16.0. The van der Waals surface area contributed by atoms with Crippen LogP contribution in [-0.2, 0) is 23.1 Å². The van der Waals surface area contributed by atoms with E-state index in [1.165, 1.54) is 30.4 Å². The highest BCUT2D eigenvalue weighted by Gasteiger charge is 2.20. The number of nitrogens with two attached hydrogens (primary N) is 1. The molecular formula is C13H16FN3O2S2. The first-order chi connectivity index (χ1) is 9.83. The molecule has 0 aliphatic rings. The molecule has 0 aliphatic carbocycles. The van der Waals surface area contributed by atoms with Gasteiger partial charge in [-0.25, -0.2) is 22.5 Å². The predicted octanol–water partition coefficient (Wildman–Crippen LogP) is 1.84. The Morgan fingerprint density at radius 2 is 2.10 bits per heavy atom. The third kappa shape index (κ3) is 3.65. The Balaban J connectivity index is 2.29. The summed E-state index contributed by atoms with van der Waals surface area (Å²) in [5.41, 5.74) is 5.97. The lowest BCUT2D eigenvalue weighted by Crippen LogP contribution is -2.24. The van der Waals surface area contributed by atoms with Gasteiger partial charge in [-0.1, -0.05) is 0 Å². The Bertz CT molecular complexity index is 757. The van der Waals surface area contributed by atoms with Gasteiger partial charge in [0.2, 0.25) is 10.0 Å². The number of sulfonamides is 1. The lowest BCUT2D eigenvalue weighted by Gasteiger charge is -2.11. The summed E-state index contributed by atoms with van der Waals surface area (Å²) in [6.45, 7) is 3.47. The van der Waals surface area contributed by atoms with Gasteiger partial charge in [-0.05, 0) is 31.5 Å². The second-order valence-electron chi connectivity index (χ2n) is 4.59. The van der Waals surface area contributed by atoms with Crippen LogP contribution in [0.25, 0.3) is 0 Å². The summed E-state index contributed by atoms with van der Waals surface area (Å²) in [5.74, 6) is -0.580. The van der Waals surface area contributed by atoms with Crippen LogP contribution < -0.4 is 10.5 Å². The summed E-state index contributed by atoms with van der Waals surface area (Å²) in [4.78, 5) is 4.99. The van der Waals surface area contributed by atoms with Gasteiger partial charge < -0.3 is 5.73 Å². The average Bonchev–Trinajstić information content (AvgIpc) is 2.85. The normalized spacial score (nSPS) is 11.8. The molecule has 3 N–H and O–H groups in total. The highest BCUT2D eigenvalue weighted by Crippen LogP contribution is 2.21. The molecule has 0 bridgehead atoms. The average molecular weight is 329 g/mol. The highest BCUT2D eigenvalue weighted by molar-refractivity contribution is 7.89. The van der Waals surface area contributed by atoms with Gasteiger partial charge in [0, 0.05) is 23.2 Å². The smallest absolute Gasteiger partial charge is 0.241 e. The molecule has 0 unspecified atom stereocenters. The zero-order valence-corrected chi connectivity index (χ0v) is 13.3. The maximum Gasteiger partial charge on any atom is 0.241 e. The maximum absolute atomic E-state index is 13.8. The second-order valence-corrected chi connectivity index (χ2v) is 7.65. The molecule has 114 valence electrons. The molecule has 0 saturated heterocycles. The van der Waals surface area contributed by atoms with Crippen LogP contribution >= 0.6 is 11.3 Å². The molecule has 0 atom stereocenters. The minimum absolute atomic E-state index is 0.0748. The molecule has 0 amide bonds. The van der Waals surface area contributed by atoms with Crippen molar-refractivity contribution >= 4 is 21.4 Å². The number of nitrogens with one attached hydrogen (secondary N) is 1. The number of rotatable bonds is 5. The summed E-state index contributed by atoms with van der Waals surface area (Å²) in [6, 6.07) is 2.65. The number of halogens is 1. The summed E-state index contributed by atoms with van der Waals surface area (Å²) < 4.78 is 40.8. The molecule has 0 saturated carbocycles. The van der Waals surface area contributed by atoms with Crippen LogP contribution in [0.3, 0.4) is 0 Å². The molecule has 0 radical (unpaired) electrons. The van der Waals surface area contributed by atoms with Gasteiger partial charge in [-0.2, -0.15) is 0 Å². The van der Waals surface area contributed by atoms with E-state index in [1.807, 2.05) is 6.92 Å². The van der Waals surface area contributed by atoms with Gasteiger partial charge >= 0.3 is 0 Å². The maximum atomic E-state index is 13.8. The molecule has 21 heavy (non-hydrogen) atoms. The van der Waals surface area contributed by atoms with Crippen LogP contribution in [0.4, 0.5) is 4.39 Å². The van der Waals surface area contributed by atoms with Crippen LogP contribution in [0.5, 0.6) is 0 Å². The molecule has 1 heterocycles. The molecular weight excluding hydrogens is 313 g/mol. The van der Waals surface area contributed by atoms with Crippen LogP contribution in [0.15, 0.2) is 23.2 Å². The molecule has 0 fully saturated rings. The second kappa shape index (κ2) is 6.18. The monoisotopic (exact) mass is 329 g/mol. The first-order valence-electron chi connectivity index (χ1n) is 6.23. The predicted molar refractivity (Wildman–Crippen MR) is 79.9 cm³/mol. The fraction of sp³-hybridized carbons (Fsp3) is 0.308. The number of hydrogen-bond donors (Lipinski definition) is 2. The fourth-order valence-electron chi connectivity index (χ4n) is 1.82. The number of aryl methyl sites for hydroxylation is 1. The molecule has 0 spiro atoms. The van der Waals surface area contributed by atoms with Gasteiger partial charge in [-0.15, -0.1) is 11.3 Å². The van der Waals surface area contributed by atoms with Crippen molar-refractivity contribution in [2.24, 2.45) is 5.73 Å². The van der Waals surface area contributed by atoms with Crippen LogP contribution in [0.1, 0.15) is 21.0 Å². The number of aromatic nitrogens is 1. The van der Waals surface area contributed by atoms with Crippen molar-refractivity contribution in [3.63, 3.8) is 0 Å². The molecule has 5 nitrogen and oxygen atoms in total. The zero-order valence-electron chi connectivity index (χ0n) is 11.7. The molecule has 2 aromatic rings. The van der Waals surface area contributed by atoms with Crippen molar-refractivity contribution < 1.29 is 12.8 Å². The number of hydrogen-bond acceptors (Lipinski definition) is 5. The Morgan fingerprint density at radius 3 is 2.67 bits per heavy atom. The summed E-state index contributed by atoms with van der Waals surface area (Å²) in [7, 11) is -3.81. The van der Waals surface area contributed by atoms with Crippen LogP contribution in [0, 0.1) is 19.7 Å². The molecule has 1 aromatic heterocycles. The van der Waals surface area contributed by atoms with E-state index in [2.05, 4.69) is 9.71 Å². The van der Waals surface area contributed by atoms with Gasteiger partial charge in [0.1, 0.15) is 10.8 Å². The van der Waals surface area contributed by atoms with Crippen molar-refractivity contribution in [2.75, 3.05) is 0 Å². The van der Waals surface area contributed by atoms with Crippen molar-refractivity contribution in [1.29, 1.82) is 0 Å². The Labute approximate surface area is 127 Å². The Morgan fingerprint density at radius 1 is 1.38 bits per heavy atom. The van der Waals surface area contributed by atoms with Crippen LogP contribution in [-0.4, -0.2) is 13.4 Å². The first-order valence-corrected chi connectivity index (χ1v) is 8.53. The largest absolute Gasteiger partial charge is 0.326 e. The molecule has 2 rings (SSSR count). The molecule has 1 aromatic carbocycles. The highest BCUT2D eigenvalue weighted by atomic mass is 32.2. The van der Waals surface area contributed by atoms with Crippen molar-refractivity contribution in [3.05, 3.63) is 45.2 Å². The summed E-state index contributed by atoms with van der Waals surface area (Å²) in [5, 5.41) is 0.657. The number of benzene rings is 1. The molecule has 8 heteroatoms. The third-order valence-electron chi connectivity index (χ3n) is 2.96. The van der Waals surface area contributed by atoms with E-state index >= 15 is 0 Å². The third-order valence-corrected chi connectivity index (χ3v) is 5.40. The lowest BCUT2D eigenvalue weighted by molar-refractivity contribution is 0.573. The van der Waals surface area contributed by atoms with Gasteiger partial charge in [0.05, 0.1) is 11.4 Å². The Kier molecular flexibility index (Phi) is 4.72. The van der Waals surface area contributed by atoms with E-state index in [9.17, 15) is 12.8 Å². The van der Waals surface area contributed by atoms with Crippen molar-refractivity contribution in [2.45, 2.75) is 31.8 Å². The lowest BCUT2D eigenvalue weighted by atomic mass is 10.1. The minimum Gasteiger partial charge on any atom is -0.326 e. The SMILES string of the molecule is Cc1cnc(CNS(=O)(=O)c2cc(CN)cc(F)c2C)s1. The van der Waals surface area contributed by atoms with E-state index in [0.29, 0.717) is 10.6 Å². The van der Waals surface area contributed by atoms with E-state index < -0.39 is 15.8 Å². The Hall–Kier alpha value is -1.35. The standard InChI is InChI=1S/C13H16FN3O2S2/c1-8-6-16-13(20-8)7-17-21(18,19)12-4-10(5-15)3-11(14)9(12)2/h3-4,6,17H,5,7,15H2,1-2H3. The van der Waals surface area contributed by atoms with Gasteiger partial charge in [-0.3, -0.25) is 0 Å². The minimum atomic E-state index is -3.81. The van der Waals surface area contributed by atoms with Gasteiger partial charge in [0.15, 0.2) is 0 Å². The topological polar surface area (TPSA) is 85.1 Å².